The number of benzene rings is 4. The second-order valence-corrected chi connectivity index (χ2v) is 10.8. The molecule has 0 bridgehead atoms. The summed E-state index contributed by atoms with van der Waals surface area (Å²) in [5.41, 5.74) is 6.26. The standard InChI is InChI=1S/C33H29N3O3S/c1-21-10-12-22(13-11-21)27-6-2-3-7-28(27)31(38)34-24-16-14-23(15-17-24)32(39)36-19-25-18-26(37)20-35(25)33(40)29-8-4-5-9-30(29)36/h2-17,25-26,37H,18-20H2,1H3,(H,34,38)/t25-,26+/m0/s1. The van der Waals surface area contributed by atoms with Gasteiger partial charge in [0.15, 0.2) is 0 Å². The number of thiocarbonyl (C=S) groups is 1. The molecule has 2 amide bonds. The lowest BCUT2D eigenvalue weighted by molar-refractivity contribution is 0.0981. The molecule has 0 aliphatic carbocycles. The normalized spacial score (nSPS) is 18.1. The molecular weight excluding hydrogens is 518 g/mol. The van der Waals surface area contributed by atoms with Gasteiger partial charge in [-0.05, 0) is 66.9 Å². The van der Waals surface area contributed by atoms with E-state index in [0.29, 0.717) is 41.3 Å². The van der Waals surface area contributed by atoms with Crippen molar-refractivity contribution >= 4 is 40.4 Å². The van der Waals surface area contributed by atoms with Crippen LogP contribution in [0.3, 0.4) is 0 Å². The molecule has 0 aromatic heterocycles. The molecule has 0 spiro atoms. The van der Waals surface area contributed by atoms with Crippen LogP contribution in [0.15, 0.2) is 97.1 Å². The Bertz CT molecular complexity index is 1600. The summed E-state index contributed by atoms with van der Waals surface area (Å²) in [4.78, 5) is 31.5. The van der Waals surface area contributed by atoms with Gasteiger partial charge in [0.25, 0.3) is 11.8 Å². The minimum atomic E-state index is -0.468. The highest BCUT2D eigenvalue weighted by Gasteiger charge is 2.39. The van der Waals surface area contributed by atoms with Gasteiger partial charge >= 0.3 is 0 Å². The topological polar surface area (TPSA) is 72.9 Å². The van der Waals surface area contributed by atoms with Gasteiger partial charge in [-0.25, -0.2) is 0 Å². The lowest BCUT2D eigenvalue weighted by Gasteiger charge is -2.27. The number of aliphatic hydroxyl groups is 1. The van der Waals surface area contributed by atoms with Gasteiger partial charge in [0, 0.05) is 35.5 Å². The number of nitrogens with one attached hydrogen (secondary N) is 1. The fraction of sp³-hybridized carbons (Fsp3) is 0.182. The minimum Gasteiger partial charge on any atom is -0.391 e. The summed E-state index contributed by atoms with van der Waals surface area (Å²) in [5, 5.41) is 13.3. The zero-order chi connectivity index (χ0) is 27.8. The van der Waals surface area contributed by atoms with E-state index in [-0.39, 0.29) is 17.9 Å². The molecule has 6 rings (SSSR count). The van der Waals surface area contributed by atoms with Crippen LogP contribution < -0.4 is 10.2 Å². The molecule has 2 atom stereocenters. The molecule has 40 heavy (non-hydrogen) atoms. The van der Waals surface area contributed by atoms with Crippen molar-refractivity contribution in [1.29, 1.82) is 0 Å². The lowest BCUT2D eigenvalue weighted by Crippen LogP contribution is -2.41. The van der Waals surface area contributed by atoms with Crippen LogP contribution in [0.2, 0.25) is 0 Å². The zero-order valence-electron chi connectivity index (χ0n) is 22.1. The van der Waals surface area contributed by atoms with E-state index in [4.69, 9.17) is 12.2 Å². The fourth-order valence-electron chi connectivity index (χ4n) is 5.58. The molecule has 4 aromatic rings. The number of hydrogen-bond donors (Lipinski definition) is 2. The van der Waals surface area contributed by atoms with Crippen molar-refractivity contribution in [1.82, 2.24) is 4.90 Å². The molecule has 6 nitrogen and oxygen atoms in total. The minimum absolute atomic E-state index is 0.0500. The van der Waals surface area contributed by atoms with Gasteiger partial charge in [-0.2, -0.15) is 0 Å². The average molecular weight is 548 g/mol. The number of aliphatic hydroxyl groups excluding tert-OH is 1. The highest BCUT2D eigenvalue weighted by Crippen LogP contribution is 2.33. The third kappa shape index (κ3) is 4.90. The Hall–Kier alpha value is -4.33. The number of rotatable bonds is 4. The molecule has 0 radical (unpaired) electrons. The Morgan fingerprint density at radius 1 is 0.850 bits per heavy atom. The Morgan fingerprint density at radius 2 is 1.52 bits per heavy atom. The van der Waals surface area contributed by atoms with E-state index in [1.165, 1.54) is 0 Å². The molecule has 1 fully saturated rings. The summed E-state index contributed by atoms with van der Waals surface area (Å²) in [6, 6.07) is 30.2. The van der Waals surface area contributed by atoms with E-state index >= 15 is 0 Å². The summed E-state index contributed by atoms with van der Waals surface area (Å²) in [6.07, 6.45) is 0.0941. The third-order valence-corrected chi connectivity index (χ3v) is 8.10. The molecule has 0 unspecified atom stereocenters. The number of carbonyl (C=O) groups excluding carboxylic acids is 2. The molecular formula is C33H29N3O3S. The molecule has 200 valence electrons. The number of fused-ring (bicyclic) bond motifs is 2. The van der Waals surface area contributed by atoms with Crippen molar-refractivity contribution in [2.75, 3.05) is 23.3 Å². The van der Waals surface area contributed by atoms with Crippen LogP contribution in [-0.4, -0.2) is 52.0 Å². The van der Waals surface area contributed by atoms with E-state index in [0.717, 1.165) is 27.9 Å². The predicted molar refractivity (Wildman–Crippen MR) is 162 cm³/mol. The smallest absolute Gasteiger partial charge is 0.258 e. The quantitative estimate of drug-likeness (QED) is 0.322. The van der Waals surface area contributed by atoms with Gasteiger partial charge in [0.1, 0.15) is 4.99 Å². The third-order valence-electron chi connectivity index (χ3n) is 7.64. The number of carbonyl (C=O) groups is 2. The molecule has 2 aliphatic heterocycles. The molecule has 2 aliphatic rings. The summed E-state index contributed by atoms with van der Waals surface area (Å²) in [6.45, 7) is 2.94. The number of amides is 2. The molecule has 1 saturated heterocycles. The van der Waals surface area contributed by atoms with Gasteiger partial charge in [-0.1, -0.05) is 72.4 Å². The van der Waals surface area contributed by atoms with Crippen molar-refractivity contribution in [2.45, 2.75) is 25.5 Å². The molecule has 2 N–H and O–H groups in total. The first kappa shape index (κ1) is 25.9. The van der Waals surface area contributed by atoms with Crippen molar-refractivity contribution < 1.29 is 14.7 Å². The second-order valence-electron chi connectivity index (χ2n) is 10.4. The van der Waals surface area contributed by atoms with Crippen LogP contribution >= 0.6 is 12.2 Å². The highest BCUT2D eigenvalue weighted by atomic mass is 32.1. The molecule has 7 heteroatoms. The van der Waals surface area contributed by atoms with E-state index in [2.05, 4.69) is 5.32 Å². The first-order valence-electron chi connectivity index (χ1n) is 13.4. The van der Waals surface area contributed by atoms with E-state index in [9.17, 15) is 14.7 Å². The van der Waals surface area contributed by atoms with Crippen molar-refractivity contribution in [3.8, 4) is 11.1 Å². The predicted octanol–water partition coefficient (Wildman–Crippen LogP) is 5.69. The first-order valence-corrected chi connectivity index (χ1v) is 13.8. The summed E-state index contributed by atoms with van der Waals surface area (Å²) in [5.74, 6) is -0.369. The zero-order valence-corrected chi connectivity index (χ0v) is 22.9. The number of anilines is 2. The monoisotopic (exact) mass is 547 g/mol. The summed E-state index contributed by atoms with van der Waals surface area (Å²) >= 11 is 5.77. The van der Waals surface area contributed by atoms with E-state index in [1.54, 1.807) is 29.2 Å². The SMILES string of the molecule is Cc1ccc(-c2ccccc2C(=O)Nc2ccc(C(=O)N3C[C@@H]4C[C@@H](O)CN4C(=S)c4ccccc43)cc2)cc1. The largest absolute Gasteiger partial charge is 0.391 e. The van der Waals surface area contributed by atoms with Crippen LogP contribution in [0.4, 0.5) is 11.4 Å². The number of nitrogens with zero attached hydrogens (tertiary/aromatic N) is 2. The molecule has 4 aromatic carbocycles. The van der Waals surface area contributed by atoms with Crippen molar-refractivity contribution in [2.24, 2.45) is 0 Å². The van der Waals surface area contributed by atoms with Gasteiger partial charge in [0.05, 0.1) is 17.8 Å². The van der Waals surface area contributed by atoms with E-state index in [1.807, 2.05) is 84.6 Å². The average Bonchev–Trinajstić information content (AvgIpc) is 3.31. The van der Waals surface area contributed by atoms with Crippen LogP contribution in [-0.2, 0) is 0 Å². The van der Waals surface area contributed by atoms with Crippen LogP contribution in [0.5, 0.6) is 0 Å². The van der Waals surface area contributed by atoms with Crippen LogP contribution in [0.1, 0.15) is 38.3 Å². The Morgan fingerprint density at radius 3 is 2.27 bits per heavy atom. The van der Waals surface area contributed by atoms with Crippen LogP contribution in [0.25, 0.3) is 11.1 Å². The Balaban J connectivity index is 1.23. The number of para-hydroxylation sites is 1. The fourth-order valence-corrected chi connectivity index (χ4v) is 5.97. The first-order chi connectivity index (χ1) is 19.4. The van der Waals surface area contributed by atoms with Gasteiger partial charge in [0.2, 0.25) is 0 Å². The van der Waals surface area contributed by atoms with Crippen molar-refractivity contribution in [3.63, 3.8) is 0 Å². The Labute approximate surface area is 238 Å². The maximum Gasteiger partial charge on any atom is 0.258 e. The summed E-state index contributed by atoms with van der Waals surface area (Å²) < 4.78 is 0. The number of aryl methyl sites for hydroxylation is 1. The molecule has 0 saturated carbocycles. The van der Waals surface area contributed by atoms with Gasteiger partial charge in [-0.15, -0.1) is 0 Å². The Kier molecular flexibility index (Phi) is 6.92. The van der Waals surface area contributed by atoms with Gasteiger partial charge < -0.3 is 20.2 Å². The van der Waals surface area contributed by atoms with E-state index < -0.39 is 6.10 Å². The highest BCUT2D eigenvalue weighted by molar-refractivity contribution is 7.80. The van der Waals surface area contributed by atoms with Crippen LogP contribution in [0, 0.1) is 6.92 Å². The lowest BCUT2D eigenvalue weighted by atomic mass is 9.98. The number of hydrogen-bond acceptors (Lipinski definition) is 4. The van der Waals surface area contributed by atoms with Crippen molar-refractivity contribution in [3.05, 3.63) is 119 Å². The maximum atomic E-state index is 13.8. The second kappa shape index (κ2) is 10.7. The molecule has 2 heterocycles. The summed E-state index contributed by atoms with van der Waals surface area (Å²) in [7, 11) is 0. The maximum absolute atomic E-state index is 13.8. The van der Waals surface area contributed by atoms with Gasteiger partial charge in [-0.3, -0.25) is 9.59 Å².